The highest BCUT2D eigenvalue weighted by molar-refractivity contribution is 9.10. The SMILES string of the molecule is CCc1cccc(CC(Br)C(N)=O)c1. The van der Waals surface area contributed by atoms with Crippen molar-refractivity contribution < 1.29 is 4.79 Å². The number of halogens is 1. The molecule has 0 radical (unpaired) electrons. The van der Waals surface area contributed by atoms with Crippen LogP contribution in [0.5, 0.6) is 0 Å². The summed E-state index contributed by atoms with van der Waals surface area (Å²) in [6.45, 7) is 2.11. The Balaban J connectivity index is 2.71. The molecule has 0 spiro atoms. The molecule has 0 aliphatic carbocycles. The van der Waals surface area contributed by atoms with E-state index in [1.165, 1.54) is 5.56 Å². The van der Waals surface area contributed by atoms with Crippen molar-refractivity contribution in [2.24, 2.45) is 5.73 Å². The van der Waals surface area contributed by atoms with Crippen LogP contribution in [0, 0.1) is 0 Å². The fraction of sp³-hybridized carbons (Fsp3) is 0.364. The summed E-state index contributed by atoms with van der Waals surface area (Å²) < 4.78 is 0. The molecule has 2 N–H and O–H groups in total. The molecule has 1 aromatic carbocycles. The number of hydrogen-bond donors (Lipinski definition) is 1. The summed E-state index contributed by atoms with van der Waals surface area (Å²) in [4.78, 5) is 10.6. The van der Waals surface area contributed by atoms with Crippen molar-refractivity contribution in [2.75, 3.05) is 0 Å². The second kappa shape index (κ2) is 5.15. The van der Waals surface area contributed by atoms with Crippen LogP contribution >= 0.6 is 15.9 Å². The molecule has 1 unspecified atom stereocenters. The zero-order chi connectivity index (χ0) is 10.6. The minimum absolute atomic E-state index is 0.269. The fourth-order valence-electron chi connectivity index (χ4n) is 1.28. The van der Waals surface area contributed by atoms with Crippen LogP contribution in [-0.4, -0.2) is 10.7 Å². The molecular weight excluding hydrogens is 242 g/mol. The van der Waals surface area contributed by atoms with Gasteiger partial charge in [0.25, 0.3) is 0 Å². The lowest BCUT2D eigenvalue weighted by atomic mass is 10.1. The molecule has 2 nitrogen and oxygen atoms in total. The van der Waals surface area contributed by atoms with Gasteiger partial charge in [-0.15, -0.1) is 0 Å². The summed E-state index contributed by atoms with van der Waals surface area (Å²) in [6.07, 6.45) is 1.67. The molecule has 0 saturated heterocycles. The number of amides is 1. The first-order valence-electron chi connectivity index (χ1n) is 4.64. The van der Waals surface area contributed by atoms with Crippen molar-refractivity contribution in [3.8, 4) is 0 Å². The third-order valence-electron chi connectivity index (χ3n) is 2.12. The number of carbonyl (C=O) groups excluding carboxylic acids is 1. The molecule has 0 bridgehead atoms. The maximum Gasteiger partial charge on any atom is 0.231 e. The summed E-state index contributed by atoms with van der Waals surface area (Å²) in [5, 5.41) is 0. The predicted octanol–water partition coefficient (Wildman–Crippen LogP) is 2.04. The lowest BCUT2D eigenvalue weighted by Gasteiger charge is -2.06. The van der Waals surface area contributed by atoms with Gasteiger partial charge in [-0.1, -0.05) is 47.1 Å². The van der Waals surface area contributed by atoms with E-state index in [1.807, 2.05) is 12.1 Å². The van der Waals surface area contributed by atoms with Gasteiger partial charge >= 0.3 is 0 Å². The molecular formula is C11H14BrNO. The van der Waals surface area contributed by atoms with E-state index in [0.717, 1.165) is 12.0 Å². The van der Waals surface area contributed by atoms with Crippen LogP contribution in [0.15, 0.2) is 24.3 Å². The zero-order valence-corrected chi connectivity index (χ0v) is 9.75. The molecule has 0 saturated carbocycles. The maximum atomic E-state index is 10.8. The average Bonchev–Trinajstić information content (AvgIpc) is 2.18. The van der Waals surface area contributed by atoms with E-state index in [4.69, 9.17) is 5.73 Å². The molecule has 1 aromatic rings. The first-order chi connectivity index (χ1) is 6.63. The van der Waals surface area contributed by atoms with Crippen molar-refractivity contribution >= 4 is 21.8 Å². The summed E-state index contributed by atoms with van der Waals surface area (Å²) in [6, 6.07) is 8.21. The van der Waals surface area contributed by atoms with Crippen LogP contribution < -0.4 is 5.73 Å². The number of nitrogens with two attached hydrogens (primary N) is 1. The number of carbonyl (C=O) groups is 1. The Bertz CT molecular complexity index is 325. The second-order valence-electron chi connectivity index (χ2n) is 3.25. The van der Waals surface area contributed by atoms with Gasteiger partial charge in [0.05, 0.1) is 4.83 Å². The number of rotatable bonds is 4. The van der Waals surface area contributed by atoms with Crippen LogP contribution in [0.25, 0.3) is 0 Å². The quantitative estimate of drug-likeness (QED) is 0.823. The number of alkyl halides is 1. The fourth-order valence-corrected chi connectivity index (χ4v) is 1.66. The Labute approximate surface area is 92.6 Å². The van der Waals surface area contributed by atoms with Crippen molar-refractivity contribution in [1.29, 1.82) is 0 Å². The third-order valence-corrected chi connectivity index (χ3v) is 2.90. The molecule has 0 aliphatic rings. The Morgan fingerprint density at radius 1 is 1.50 bits per heavy atom. The van der Waals surface area contributed by atoms with E-state index in [0.29, 0.717) is 6.42 Å². The smallest absolute Gasteiger partial charge is 0.231 e. The lowest BCUT2D eigenvalue weighted by molar-refractivity contribution is -0.117. The summed E-state index contributed by atoms with van der Waals surface area (Å²) in [5.74, 6) is -0.313. The first kappa shape index (κ1) is 11.2. The third kappa shape index (κ3) is 3.14. The normalized spacial score (nSPS) is 12.4. The highest BCUT2D eigenvalue weighted by Gasteiger charge is 2.11. The number of primary amides is 1. The minimum atomic E-state index is -0.313. The van der Waals surface area contributed by atoms with E-state index in [9.17, 15) is 4.79 Å². The van der Waals surface area contributed by atoms with Crippen LogP contribution in [0.1, 0.15) is 18.1 Å². The summed E-state index contributed by atoms with van der Waals surface area (Å²) in [5.41, 5.74) is 7.60. The van der Waals surface area contributed by atoms with Gasteiger partial charge in [0.2, 0.25) is 5.91 Å². The van der Waals surface area contributed by atoms with Crippen molar-refractivity contribution in [3.05, 3.63) is 35.4 Å². The highest BCUT2D eigenvalue weighted by atomic mass is 79.9. The van der Waals surface area contributed by atoms with E-state index in [1.54, 1.807) is 0 Å². The lowest BCUT2D eigenvalue weighted by Crippen LogP contribution is -2.24. The molecule has 14 heavy (non-hydrogen) atoms. The van der Waals surface area contributed by atoms with Crippen molar-refractivity contribution in [2.45, 2.75) is 24.6 Å². The van der Waals surface area contributed by atoms with Gasteiger partial charge in [0.1, 0.15) is 0 Å². The Hall–Kier alpha value is -0.830. The summed E-state index contributed by atoms with van der Waals surface area (Å²) >= 11 is 3.25. The molecule has 0 heterocycles. The highest BCUT2D eigenvalue weighted by Crippen LogP contribution is 2.12. The number of hydrogen-bond acceptors (Lipinski definition) is 1. The van der Waals surface area contributed by atoms with Crippen molar-refractivity contribution in [3.63, 3.8) is 0 Å². The topological polar surface area (TPSA) is 43.1 Å². The number of aryl methyl sites for hydroxylation is 1. The van der Waals surface area contributed by atoms with E-state index in [-0.39, 0.29) is 10.7 Å². The van der Waals surface area contributed by atoms with Gasteiger partial charge in [-0.3, -0.25) is 4.79 Å². The van der Waals surface area contributed by atoms with Crippen LogP contribution in [-0.2, 0) is 17.6 Å². The molecule has 3 heteroatoms. The average molecular weight is 256 g/mol. The van der Waals surface area contributed by atoms with Gasteiger partial charge in [0, 0.05) is 0 Å². The molecule has 0 aliphatic heterocycles. The molecule has 1 rings (SSSR count). The Morgan fingerprint density at radius 2 is 2.14 bits per heavy atom. The zero-order valence-electron chi connectivity index (χ0n) is 8.16. The standard InChI is InChI=1S/C11H14BrNO/c1-2-8-4-3-5-9(6-8)7-10(12)11(13)14/h3-6,10H,2,7H2,1H3,(H2,13,14). The van der Waals surface area contributed by atoms with Crippen LogP contribution in [0.2, 0.25) is 0 Å². The van der Waals surface area contributed by atoms with E-state index < -0.39 is 0 Å². The van der Waals surface area contributed by atoms with Crippen LogP contribution in [0.3, 0.4) is 0 Å². The summed E-state index contributed by atoms with van der Waals surface area (Å²) in [7, 11) is 0. The molecule has 0 fully saturated rings. The largest absolute Gasteiger partial charge is 0.369 e. The molecule has 1 amide bonds. The number of benzene rings is 1. The van der Waals surface area contributed by atoms with Crippen LogP contribution in [0.4, 0.5) is 0 Å². The van der Waals surface area contributed by atoms with E-state index >= 15 is 0 Å². The first-order valence-corrected chi connectivity index (χ1v) is 5.56. The van der Waals surface area contributed by atoms with Crippen molar-refractivity contribution in [1.82, 2.24) is 0 Å². The second-order valence-corrected chi connectivity index (χ2v) is 4.35. The molecule has 76 valence electrons. The van der Waals surface area contributed by atoms with Gasteiger partial charge < -0.3 is 5.73 Å². The molecule has 1 atom stereocenters. The monoisotopic (exact) mass is 255 g/mol. The molecule has 0 aromatic heterocycles. The van der Waals surface area contributed by atoms with Gasteiger partial charge in [-0.05, 0) is 24.0 Å². The van der Waals surface area contributed by atoms with E-state index in [2.05, 4.69) is 35.0 Å². The Morgan fingerprint density at radius 3 is 2.71 bits per heavy atom. The maximum absolute atomic E-state index is 10.8. The Kier molecular flexibility index (Phi) is 4.14. The minimum Gasteiger partial charge on any atom is -0.369 e. The van der Waals surface area contributed by atoms with Gasteiger partial charge in [-0.2, -0.15) is 0 Å². The predicted molar refractivity (Wildman–Crippen MR) is 61.4 cm³/mol. The van der Waals surface area contributed by atoms with Gasteiger partial charge in [-0.25, -0.2) is 0 Å². The van der Waals surface area contributed by atoms with Gasteiger partial charge in [0.15, 0.2) is 0 Å².